The van der Waals surface area contributed by atoms with Crippen LogP contribution in [0.25, 0.3) is 43.1 Å². The van der Waals surface area contributed by atoms with E-state index < -0.39 is 0 Å². The Hall–Kier alpha value is -3.60. The summed E-state index contributed by atoms with van der Waals surface area (Å²) in [5.74, 6) is 1.98. The van der Waals surface area contributed by atoms with Crippen molar-refractivity contribution in [2.75, 3.05) is 24.6 Å². The van der Waals surface area contributed by atoms with Crippen molar-refractivity contribution in [1.82, 2.24) is 0 Å². The molecular weight excluding hydrogens is 501 g/mol. The average Bonchev–Trinajstić information content (AvgIpc) is 2.97. The van der Waals surface area contributed by atoms with Crippen LogP contribution in [0.1, 0.15) is 11.1 Å². The summed E-state index contributed by atoms with van der Waals surface area (Å²) < 4.78 is 0. The van der Waals surface area contributed by atoms with Gasteiger partial charge in [-0.1, -0.05) is 119 Å². The van der Waals surface area contributed by atoms with Crippen LogP contribution in [0.4, 0.5) is 0 Å². The monoisotopic (exact) mass is 528 g/mol. The zero-order valence-electron chi connectivity index (χ0n) is 21.1. The fourth-order valence-corrected chi connectivity index (χ4v) is 6.74. The first kappa shape index (κ1) is 24.7. The molecule has 6 aromatic rings. The van der Waals surface area contributed by atoms with Crippen LogP contribution in [0.3, 0.4) is 0 Å². The quantitative estimate of drug-likeness (QED) is 0.0808. The minimum absolute atomic E-state index is 0.806. The first-order chi connectivity index (χ1) is 18.9. The molecule has 4 heteroatoms. The molecule has 6 rings (SSSR count). The van der Waals surface area contributed by atoms with Crippen molar-refractivity contribution >= 4 is 77.1 Å². The highest BCUT2D eigenvalue weighted by molar-refractivity contribution is 8.76. The Bertz CT molecular complexity index is 1550. The van der Waals surface area contributed by atoms with E-state index in [4.69, 9.17) is 9.98 Å². The van der Waals surface area contributed by atoms with Gasteiger partial charge in [0.1, 0.15) is 0 Å². The van der Waals surface area contributed by atoms with Crippen LogP contribution < -0.4 is 0 Å². The molecule has 0 aliphatic carbocycles. The van der Waals surface area contributed by atoms with E-state index >= 15 is 0 Å². The number of fused-ring (bicyclic) bond motifs is 4. The van der Waals surface area contributed by atoms with Crippen molar-refractivity contribution in [1.29, 1.82) is 0 Å². The van der Waals surface area contributed by atoms with Gasteiger partial charge < -0.3 is 0 Å². The lowest BCUT2D eigenvalue weighted by molar-refractivity contribution is 1.16. The summed E-state index contributed by atoms with van der Waals surface area (Å²) in [6.07, 6.45) is 4.13. The molecule has 6 aromatic carbocycles. The summed E-state index contributed by atoms with van der Waals surface area (Å²) in [4.78, 5) is 9.57. The lowest BCUT2D eigenvalue weighted by atomic mass is 9.97. The summed E-state index contributed by atoms with van der Waals surface area (Å²) in [5.41, 5.74) is 2.43. The van der Waals surface area contributed by atoms with Gasteiger partial charge in [0.15, 0.2) is 0 Å². The Balaban J connectivity index is 1.03. The number of benzene rings is 6. The van der Waals surface area contributed by atoms with Gasteiger partial charge in [-0.3, -0.25) is 9.98 Å². The molecule has 0 aliphatic heterocycles. The van der Waals surface area contributed by atoms with E-state index in [2.05, 4.69) is 122 Å². The molecule has 2 nitrogen and oxygen atoms in total. The van der Waals surface area contributed by atoms with Gasteiger partial charge in [-0.15, -0.1) is 0 Å². The van der Waals surface area contributed by atoms with E-state index in [1.807, 2.05) is 21.6 Å². The predicted octanol–water partition coefficient (Wildman–Crippen LogP) is 9.22. The zero-order valence-corrected chi connectivity index (χ0v) is 22.7. The van der Waals surface area contributed by atoms with Crippen molar-refractivity contribution in [3.05, 3.63) is 120 Å². The molecule has 0 spiro atoms. The van der Waals surface area contributed by atoms with Crippen LogP contribution >= 0.6 is 21.6 Å². The van der Waals surface area contributed by atoms with Crippen LogP contribution in [-0.4, -0.2) is 37.0 Å². The van der Waals surface area contributed by atoms with Crippen LogP contribution in [-0.2, 0) is 0 Å². The summed E-state index contributed by atoms with van der Waals surface area (Å²) in [5, 5.41) is 10.1. The third-order valence-corrected chi connectivity index (χ3v) is 9.12. The van der Waals surface area contributed by atoms with Gasteiger partial charge in [0.05, 0.1) is 0 Å². The molecule has 0 heterocycles. The molecule has 0 N–H and O–H groups in total. The molecular formula is C34H28N2S2. The Morgan fingerprint density at radius 3 is 1.11 bits per heavy atom. The third-order valence-electron chi connectivity index (χ3n) is 6.76. The van der Waals surface area contributed by atoms with E-state index in [-0.39, 0.29) is 0 Å². The number of rotatable bonds is 9. The summed E-state index contributed by atoms with van der Waals surface area (Å²) in [6.45, 7) is 1.61. The maximum atomic E-state index is 4.78. The summed E-state index contributed by atoms with van der Waals surface area (Å²) in [7, 11) is 3.75. The highest BCUT2D eigenvalue weighted by Crippen LogP contribution is 2.29. The minimum atomic E-state index is 0.806. The Morgan fingerprint density at radius 2 is 0.763 bits per heavy atom. The normalized spacial score (nSPS) is 12.1. The molecule has 0 fully saturated rings. The van der Waals surface area contributed by atoms with E-state index in [1.165, 1.54) is 54.2 Å². The number of hydrogen-bond acceptors (Lipinski definition) is 4. The third kappa shape index (κ3) is 5.33. The van der Waals surface area contributed by atoms with E-state index in [9.17, 15) is 0 Å². The second-order valence-corrected chi connectivity index (χ2v) is 11.9. The second-order valence-electron chi connectivity index (χ2n) is 9.18. The lowest BCUT2D eigenvalue weighted by Gasteiger charge is -2.08. The predicted molar refractivity (Wildman–Crippen MR) is 173 cm³/mol. The van der Waals surface area contributed by atoms with Gasteiger partial charge in [0.25, 0.3) is 0 Å². The van der Waals surface area contributed by atoms with Crippen LogP contribution in [0, 0.1) is 0 Å². The number of aliphatic imine (C=N–C) groups is 2. The molecule has 0 unspecified atom stereocenters. The molecule has 38 heavy (non-hydrogen) atoms. The second kappa shape index (κ2) is 11.8. The topological polar surface area (TPSA) is 24.7 Å². The maximum absolute atomic E-state index is 4.78. The minimum Gasteiger partial charge on any atom is -0.292 e. The molecule has 0 saturated heterocycles. The standard InChI is InChI=1S/C34H28N2S2/c1-5-13-29-25(9-1)21-26-10-2-6-14-30(26)33(29)23-35-17-19-37-38-20-18-36-24-34-31-15-7-3-11-27(31)22-28-12-4-8-16-32(28)34/h1-16,21-24H,17-20H2. The molecule has 186 valence electrons. The molecule has 0 atom stereocenters. The van der Waals surface area contributed by atoms with E-state index in [0.29, 0.717) is 0 Å². The van der Waals surface area contributed by atoms with Gasteiger partial charge in [-0.25, -0.2) is 0 Å². The highest BCUT2D eigenvalue weighted by atomic mass is 33.1. The van der Waals surface area contributed by atoms with Crippen LogP contribution in [0.2, 0.25) is 0 Å². The van der Waals surface area contributed by atoms with E-state index in [1.54, 1.807) is 0 Å². The van der Waals surface area contributed by atoms with Crippen molar-refractivity contribution in [3.63, 3.8) is 0 Å². The Labute approximate surface area is 231 Å². The van der Waals surface area contributed by atoms with Crippen molar-refractivity contribution in [2.24, 2.45) is 9.98 Å². The van der Waals surface area contributed by atoms with Crippen LogP contribution in [0.15, 0.2) is 119 Å². The molecule has 0 saturated carbocycles. The molecule has 0 amide bonds. The maximum Gasteiger partial charge on any atom is 0.0488 e. The number of hydrogen-bond donors (Lipinski definition) is 0. The van der Waals surface area contributed by atoms with Crippen LogP contribution in [0.5, 0.6) is 0 Å². The molecule has 0 aromatic heterocycles. The Morgan fingerprint density at radius 1 is 0.447 bits per heavy atom. The smallest absolute Gasteiger partial charge is 0.0488 e. The zero-order chi connectivity index (χ0) is 25.6. The van der Waals surface area contributed by atoms with Crippen molar-refractivity contribution < 1.29 is 0 Å². The Kier molecular flexibility index (Phi) is 7.71. The van der Waals surface area contributed by atoms with Gasteiger partial charge in [0, 0.05) is 48.2 Å². The van der Waals surface area contributed by atoms with Gasteiger partial charge in [-0.2, -0.15) is 0 Å². The average molecular weight is 529 g/mol. The molecule has 0 bridgehead atoms. The highest BCUT2D eigenvalue weighted by Gasteiger charge is 2.06. The fraction of sp³-hybridized carbons (Fsp3) is 0.118. The largest absolute Gasteiger partial charge is 0.292 e. The molecule has 0 radical (unpaired) electrons. The first-order valence-electron chi connectivity index (χ1n) is 12.9. The van der Waals surface area contributed by atoms with Gasteiger partial charge in [0.2, 0.25) is 0 Å². The summed E-state index contributed by atoms with van der Waals surface area (Å²) >= 11 is 0. The van der Waals surface area contributed by atoms with Gasteiger partial charge >= 0.3 is 0 Å². The van der Waals surface area contributed by atoms with Crippen molar-refractivity contribution in [2.45, 2.75) is 0 Å². The lowest BCUT2D eigenvalue weighted by Crippen LogP contribution is -1.92. The van der Waals surface area contributed by atoms with Crippen molar-refractivity contribution in [3.8, 4) is 0 Å². The number of nitrogens with zero attached hydrogens (tertiary/aromatic N) is 2. The summed E-state index contributed by atoms with van der Waals surface area (Å²) in [6, 6.07) is 38.8. The first-order valence-corrected chi connectivity index (χ1v) is 15.4. The SMILES string of the molecule is C(=NCCSSCCN=Cc1c2ccccc2cc2ccccc12)c1c2ccccc2cc2ccccc12. The molecule has 0 aliphatic rings. The fourth-order valence-electron chi connectivity index (χ4n) is 4.99. The van der Waals surface area contributed by atoms with Gasteiger partial charge in [-0.05, 0) is 55.2 Å². The van der Waals surface area contributed by atoms with E-state index in [0.717, 1.165) is 24.6 Å².